The first-order valence-electron chi connectivity index (χ1n) is 15.9. The fourth-order valence-corrected chi connectivity index (χ4v) is 5.80. The van der Waals surface area contributed by atoms with Gasteiger partial charge in [0.1, 0.15) is 30.2 Å². The summed E-state index contributed by atoms with van der Waals surface area (Å²) < 4.78 is 22.4. The molecule has 10 heteroatoms. The van der Waals surface area contributed by atoms with Gasteiger partial charge in [-0.1, -0.05) is 36.4 Å². The highest BCUT2D eigenvalue weighted by molar-refractivity contribution is 5.78. The predicted molar refractivity (Wildman–Crippen MR) is 174 cm³/mol. The summed E-state index contributed by atoms with van der Waals surface area (Å²) in [5.74, 6) is -1.07. The summed E-state index contributed by atoms with van der Waals surface area (Å²) in [6, 6.07) is 13.6. The van der Waals surface area contributed by atoms with Crippen LogP contribution in [-0.2, 0) is 51.0 Å². The van der Waals surface area contributed by atoms with Gasteiger partial charge in [0.05, 0.1) is 32.2 Å². The van der Waals surface area contributed by atoms with Gasteiger partial charge < -0.3 is 34.0 Å². The van der Waals surface area contributed by atoms with Crippen molar-refractivity contribution in [1.29, 1.82) is 0 Å². The highest BCUT2D eigenvalue weighted by Crippen LogP contribution is 2.45. The number of esters is 2. The molecule has 2 aliphatic rings. The van der Waals surface area contributed by atoms with Crippen LogP contribution in [-0.4, -0.2) is 65.9 Å². The van der Waals surface area contributed by atoms with Gasteiger partial charge in [-0.2, -0.15) is 0 Å². The minimum Gasteiger partial charge on any atom is -0.508 e. The Morgan fingerprint density at radius 1 is 0.894 bits per heavy atom. The third kappa shape index (κ3) is 11.8. The topological polar surface area (TPSA) is 146 Å². The summed E-state index contributed by atoms with van der Waals surface area (Å²) in [4.78, 5) is 45.5. The number of aldehydes is 2. The summed E-state index contributed by atoms with van der Waals surface area (Å²) in [6.45, 7) is 8.07. The fraction of sp³-hybridized carbons (Fsp3) is 0.459. The number of allylic oxidation sites excluding steroid dienone is 3. The van der Waals surface area contributed by atoms with E-state index in [1.165, 1.54) is 0 Å². The lowest BCUT2D eigenvalue weighted by Gasteiger charge is -2.21. The van der Waals surface area contributed by atoms with Crippen molar-refractivity contribution >= 4 is 24.5 Å². The van der Waals surface area contributed by atoms with Crippen molar-refractivity contribution < 1.29 is 48.3 Å². The maximum absolute atomic E-state index is 12.2. The Hall–Kier alpha value is -4.28. The van der Waals surface area contributed by atoms with E-state index in [1.54, 1.807) is 49.4 Å². The van der Waals surface area contributed by atoms with E-state index in [9.17, 15) is 29.4 Å². The van der Waals surface area contributed by atoms with Crippen LogP contribution in [0.2, 0.25) is 0 Å². The molecule has 4 atom stereocenters. The lowest BCUT2D eigenvalue weighted by atomic mass is 9.93. The van der Waals surface area contributed by atoms with Crippen LogP contribution in [0.4, 0.5) is 0 Å². The first-order chi connectivity index (χ1) is 22.5. The van der Waals surface area contributed by atoms with Gasteiger partial charge in [0, 0.05) is 25.2 Å². The van der Waals surface area contributed by atoms with Crippen LogP contribution in [0, 0.1) is 11.8 Å². The van der Waals surface area contributed by atoms with Gasteiger partial charge >= 0.3 is 11.9 Å². The van der Waals surface area contributed by atoms with Gasteiger partial charge in [-0.25, -0.2) is 0 Å². The zero-order valence-electron chi connectivity index (χ0n) is 27.6. The van der Waals surface area contributed by atoms with Crippen molar-refractivity contribution in [2.45, 2.75) is 84.2 Å². The molecule has 1 saturated carbocycles. The number of aromatic hydroxyl groups is 2. The Bertz CT molecular complexity index is 1390. The largest absolute Gasteiger partial charge is 0.508 e. The van der Waals surface area contributed by atoms with Crippen molar-refractivity contribution in [3.63, 3.8) is 0 Å². The monoisotopic (exact) mass is 650 g/mol. The Kier molecular flexibility index (Phi) is 14.4. The molecule has 0 radical (unpaired) electrons. The molecule has 10 nitrogen and oxygen atoms in total. The number of carbonyl (C=O) groups excluding carboxylic acids is 4. The van der Waals surface area contributed by atoms with Crippen molar-refractivity contribution in [2.75, 3.05) is 13.2 Å². The third-order valence-electron chi connectivity index (χ3n) is 8.16. The molecule has 4 rings (SSSR count). The molecule has 254 valence electrons. The smallest absolute Gasteiger partial charge is 0.306 e. The summed E-state index contributed by atoms with van der Waals surface area (Å²) in [5.41, 5.74) is 3.55. The van der Waals surface area contributed by atoms with Crippen molar-refractivity contribution in [3.8, 4) is 11.5 Å². The Balaban J connectivity index is 0.000000258. The van der Waals surface area contributed by atoms with Crippen LogP contribution in [0.3, 0.4) is 0 Å². The van der Waals surface area contributed by atoms with Gasteiger partial charge in [-0.05, 0) is 86.6 Å². The van der Waals surface area contributed by atoms with Crippen molar-refractivity contribution in [2.24, 2.45) is 11.8 Å². The molecule has 0 amide bonds. The molecule has 0 bridgehead atoms. The molecule has 0 aromatic heterocycles. The lowest BCUT2D eigenvalue weighted by Crippen LogP contribution is -2.24. The second kappa shape index (κ2) is 18.2. The van der Waals surface area contributed by atoms with Gasteiger partial charge in [0.15, 0.2) is 5.79 Å². The van der Waals surface area contributed by atoms with E-state index in [-0.39, 0.29) is 55.0 Å². The normalized spacial score (nSPS) is 21.2. The predicted octanol–water partition coefficient (Wildman–Crippen LogP) is 5.57. The van der Waals surface area contributed by atoms with Crippen LogP contribution < -0.4 is 0 Å². The minimum atomic E-state index is -0.556. The van der Waals surface area contributed by atoms with Crippen LogP contribution in [0.25, 0.3) is 0 Å². The van der Waals surface area contributed by atoms with Gasteiger partial charge in [0.25, 0.3) is 0 Å². The van der Waals surface area contributed by atoms with Crippen molar-refractivity contribution in [3.05, 3.63) is 83.0 Å². The quantitative estimate of drug-likeness (QED) is 0.115. The Morgan fingerprint density at radius 2 is 1.45 bits per heavy atom. The average Bonchev–Trinajstić information content (AvgIpc) is 3.50. The Morgan fingerprint density at radius 3 is 1.94 bits per heavy atom. The number of carbonyl (C=O) groups is 4. The van der Waals surface area contributed by atoms with Crippen molar-refractivity contribution in [1.82, 2.24) is 0 Å². The number of phenolic OH excluding ortho intramolecular Hbond substituents is 2. The molecule has 0 spiro atoms. The highest BCUT2D eigenvalue weighted by atomic mass is 16.8. The zero-order chi connectivity index (χ0) is 34.4. The van der Waals surface area contributed by atoms with E-state index >= 15 is 0 Å². The molecular weight excluding hydrogens is 604 g/mol. The van der Waals surface area contributed by atoms with E-state index in [4.69, 9.17) is 18.9 Å². The van der Waals surface area contributed by atoms with Crippen LogP contribution >= 0.6 is 0 Å². The second-order valence-electron chi connectivity index (χ2n) is 12.0. The van der Waals surface area contributed by atoms with E-state index in [1.807, 2.05) is 39.0 Å². The summed E-state index contributed by atoms with van der Waals surface area (Å²) >= 11 is 0. The average molecular weight is 651 g/mol. The zero-order valence-corrected chi connectivity index (χ0v) is 27.6. The Labute approximate surface area is 276 Å². The molecule has 2 aromatic carbocycles. The summed E-state index contributed by atoms with van der Waals surface area (Å²) in [6.07, 6.45) is 7.43. The van der Waals surface area contributed by atoms with E-state index in [0.717, 1.165) is 23.1 Å². The number of hydrogen-bond acceptors (Lipinski definition) is 10. The molecule has 2 N–H and O–H groups in total. The summed E-state index contributed by atoms with van der Waals surface area (Å²) in [5, 5.41) is 18.4. The maximum Gasteiger partial charge on any atom is 0.306 e. The van der Waals surface area contributed by atoms with Gasteiger partial charge in [-0.15, -0.1) is 0 Å². The standard InChI is InChI=1S/C20H26O5.C17H20O5/c1-4-16-14(11-17-19(16)25-20(2,3)24-17)12-18(22)23-10-9-13-5-7-15(21)8-6-13;1-2-14(12-19)15(7-9-18)11-17(21)22-10-8-13-3-5-16(20)6-4-13/h4-8,14,17,19,21H,9-12H2,1-3H3;2-6,9,12,15,20H,7-8,10-11H2,1H3/b16-4+;14-2-/t14-,17+,19-;15-/m00/s1. The number of ether oxygens (including phenoxy) is 4. The number of benzene rings is 2. The van der Waals surface area contributed by atoms with Gasteiger partial charge in [-0.3, -0.25) is 14.4 Å². The molecule has 2 aromatic rings. The van der Waals surface area contributed by atoms with E-state index in [0.29, 0.717) is 44.0 Å². The van der Waals surface area contributed by atoms with Crippen LogP contribution in [0.5, 0.6) is 11.5 Å². The lowest BCUT2D eigenvalue weighted by molar-refractivity contribution is -0.151. The molecule has 1 aliphatic carbocycles. The minimum absolute atomic E-state index is 0.00668. The molecular formula is C37H46O10. The van der Waals surface area contributed by atoms with Gasteiger partial charge in [0.2, 0.25) is 0 Å². The first-order valence-corrected chi connectivity index (χ1v) is 15.9. The highest BCUT2D eigenvalue weighted by Gasteiger charge is 2.50. The van der Waals surface area contributed by atoms with Crippen LogP contribution in [0.1, 0.15) is 64.5 Å². The molecule has 2 fully saturated rings. The summed E-state index contributed by atoms with van der Waals surface area (Å²) in [7, 11) is 0. The molecule has 1 saturated heterocycles. The van der Waals surface area contributed by atoms with E-state index in [2.05, 4.69) is 0 Å². The molecule has 47 heavy (non-hydrogen) atoms. The third-order valence-corrected chi connectivity index (χ3v) is 8.16. The fourth-order valence-electron chi connectivity index (χ4n) is 5.80. The number of fused-ring (bicyclic) bond motifs is 1. The second-order valence-corrected chi connectivity index (χ2v) is 12.0. The maximum atomic E-state index is 12.2. The number of phenols is 2. The molecule has 1 heterocycles. The first kappa shape index (κ1) is 37.2. The molecule has 1 aliphatic heterocycles. The molecule has 0 unspecified atom stereocenters. The number of rotatable bonds is 14. The van der Waals surface area contributed by atoms with Crippen LogP contribution in [0.15, 0.2) is 71.8 Å². The number of hydrogen-bond donors (Lipinski definition) is 2. The van der Waals surface area contributed by atoms with E-state index < -0.39 is 17.7 Å². The SMILES string of the molecule is C/C=C(/C=O)[C@@H](CC=O)CC(=O)OCCc1ccc(O)cc1.C/C=C1\[C@H](CC(=O)OCCc2ccc(O)cc2)C[C@H]2OC(C)(C)O[C@@H]12.